The van der Waals surface area contributed by atoms with Crippen molar-refractivity contribution in [1.29, 1.82) is 0 Å². The van der Waals surface area contributed by atoms with Gasteiger partial charge in [-0.15, -0.1) is 0 Å². The first-order chi connectivity index (χ1) is 17.4. The van der Waals surface area contributed by atoms with E-state index in [1.807, 2.05) is 0 Å². The molecule has 36 heavy (non-hydrogen) atoms. The number of nitrogen functional groups attached to an aromatic ring is 1. The topological polar surface area (TPSA) is 137 Å². The molecule has 2 aromatic heterocycles. The molecule has 10 heteroatoms. The highest BCUT2D eigenvalue weighted by Crippen LogP contribution is 2.44. The van der Waals surface area contributed by atoms with Crippen LogP contribution in [0.3, 0.4) is 0 Å². The monoisotopic (exact) mass is 499 g/mol. The lowest BCUT2D eigenvalue weighted by Crippen LogP contribution is -2.50. The standard InChI is InChI=1S/C26H33N3O7/c1-33-23-19(22-20(27)24(34-2)25(23)36-18(31)10-9-17(30)35-22)26(32)28-16-11-12-29(13-16)21-14-5-3-6-15(21)8-4-7-14/h9-10,14-16,21H,3-8,11-13,27H2,1-2H3,(H,28,32)/t14?,15?,16-,21?/m0/s1. The summed E-state index contributed by atoms with van der Waals surface area (Å²) in [6.07, 6.45) is 8.63. The quantitative estimate of drug-likeness (QED) is 0.595. The molecule has 3 N–H and O–H groups in total. The van der Waals surface area contributed by atoms with Crippen molar-refractivity contribution in [2.45, 2.75) is 57.0 Å². The van der Waals surface area contributed by atoms with Crippen LogP contribution in [-0.2, 0) is 0 Å². The van der Waals surface area contributed by atoms with Crippen molar-refractivity contribution >= 4 is 22.8 Å². The van der Waals surface area contributed by atoms with Gasteiger partial charge < -0.3 is 29.4 Å². The van der Waals surface area contributed by atoms with Gasteiger partial charge >= 0.3 is 11.3 Å². The maximum atomic E-state index is 13.6. The molecule has 3 aromatic rings. The Labute approximate surface area is 208 Å². The van der Waals surface area contributed by atoms with E-state index in [1.54, 1.807) is 0 Å². The van der Waals surface area contributed by atoms with Gasteiger partial charge in [-0.25, -0.2) is 9.59 Å². The fraction of sp³-hybridized carbons (Fsp3) is 0.577. The first-order valence-electron chi connectivity index (χ1n) is 12.6. The second-order valence-corrected chi connectivity index (χ2v) is 10.0. The number of nitrogens with one attached hydrogen (secondary N) is 1. The number of carbonyl (C=O) groups excluding carboxylic acids is 1. The van der Waals surface area contributed by atoms with Gasteiger partial charge in [-0.1, -0.05) is 12.8 Å². The van der Waals surface area contributed by atoms with Gasteiger partial charge in [0.25, 0.3) is 5.91 Å². The number of hydrogen-bond donors (Lipinski definition) is 2. The minimum atomic E-state index is -0.887. The zero-order chi connectivity index (χ0) is 25.4. The number of likely N-dealkylation sites (tertiary alicyclic amines) is 1. The zero-order valence-corrected chi connectivity index (χ0v) is 20.7. The number of fused-ring (bicyclic) bond motifs is 9. The number of benzene rings is 1. The molecule has 0 radical (unpaired) electrons. The highest BCUT2D eigenvalue weighted by molar-refractivity contribution is 6.10. The minimum absolute atomic E-state index is 0.0641. The molecular formula is C26H33N3O7. The number of nitrogens with two attached hydrogens (primary N) is 1. The minimum Gasteiger partial charge on any atom is -0.492 e. The first kappa shape index (κ1) is 24.4. The average molecular weight is 500 g/mol. The number of hydrogen-bond acceptors (Lipinski definition) is 9. The Bertz CT molecular complexity index is 1280. The fourth-order valence-electron chi connectivity index (χ4n) is 6.56. The lowest BCUT2D eigenvalue weighted by Gasteiger charge is -2.47. The summed E-state index contributed by atoms with van der Waals surface area (Å²) < 4.78 is 21.6. The molecule has 1 aliphatic heterocycles. The lowest BCUT2D eigenvalue weighted by atomic mass is 9.68. The number of carbonyl (C=O) groups is 1. The second-order valence-electron chi connectivity index (χ2n) is 10.0. The molecule has 4 bridgehead atoms. The summed E-state index contributed by atoms with van der Waals surface area (Å²) in [5, 5.41) is 3.07. The molecule has 1 saturated heterocycles. The van der Waals surface area contributed by atoms with Crippen LogP contribution < -0.4 is 31.8 Å². The molecule has 10 nitrogen and oxygen atoms in total. The van der Waals surface area contributed by atoms with Gasteiger partial charge in [0.2, 0.25) is 5.58 Å². The number of ether oxygens (including phenoxy) is 2. The van der Waals surface area contributed by atoms with E-state index in [-0.39, 0.29) is 40.0 Å². The molecule has 1 amide bonds. The largest absolute Gasteiger partial charge is 0.492 e. The van der Waals surface area contributed by atoms with E-state index in [2.05, 4.69) is 10.2 Å². The normalized spacial score (nSPS) is 25.9. The first-order valence-corrected chi connectivity index (χ1v) is 12.6. The maximum Gasteiger partial charge on any atom is 0.336 e. The van der Waals surface area contributed by atoms with Crippen LogP contribution in [0.15, 0.2) is 30.6 Å². The van der Waals surface area contributed by atoms with Gasteiger partial charge in [-0.2, -0.15) is 0 Å². The van der Waals surface area contributed by atoms with Gasteiger partial charge in [0.1, 0.15) is 11.3 Å². The van der Waals surface area contributed by atoms with E-state index < -0.39 is 17.2 Å². The molecule has 1 aromatic carbocycles. The molecule has 6 rings (SSSR count). The number of anilines is 1. The van der Waals surface area contributed by atoms with E-state index in [0.29, 0.717) is 6.04 Å². The molecule has 194 valence electrons. The van der Waals surface area contributed by atoms with Crippen LogP contribution in [0.1, 0.15) is 55.3 Å². The highest BCUT2D eigenvalue weighted by Gasteiger charge is 2.42. The highest BCUT2D eigenvalue weighted by atomic mass is 16.5. The summed E-state index contributed by atoms with van der Waals surface area (Å²) in [6, 6.07) is 2.33. The molecule has 3 heterocycles. The summed E-state index contributed by atoms with van der Waals surface area (Å²) in [6.45, 7) is 1.69. The average Bonchev–Trinajstić information content (AvgIpc) is 3.31. The van der Waals surface area contributed by atoms with Gasteiger partial charge in [0.05, 0.1) is 14.2 Å². The molecule has 0 unspecified atom stereocenters. The molecule has 3 aliphatic rings. The van der Waals surface area contributed by atoms with E-state index in [1.165, 1.54) is 52.7 Å². The predicted octanol–water partition coefficient (Wildman–Crippen LogP) is 2.68. The second kappa shape index (κ2) is 10.0. The van der Waals surface area contributed by atoms with Crippen LogP contribution in [0.2, 0.25) is 0 Å². The third kappa shape index (κ3) is 4.38. The van der Waals surface area contributed by atoms with Gasteiger partial charge in [0.15, 0.2) is 17.1 Å². The Morgan fingerprint density at radius 3 is 2.11 bits per heavy atom. The SMILES string of the molecule is COc1c(N)c2oc(=O)ccc(=O)oc1c(OC)c2C(=O)N[C@H]1CCN(C2C3CCCC2CCC3)C1. The van der Waals surface area contributed by atoms with Crippen molar-refractivity contribution in [2.75, 3.05) is 33.0 Å². The van der Waals surface area contributed by atoms with Crippen molar-refractivity contribution in [3.8, 4) is 11.5 Å². The van der Waals surface area contributed by atoms with E-state index >= 15 is 0 Å². The summed E-state index contributed by atoms with van der Waals surface area (Å²) in [7, 11) is 2.65. The van der Waals surface area contributed by atoms with Crippen molar-refractivity contribution in [3.05, 3.63) is 38.5 Å². The van der Waals surface area contributed by atoms with Gasteiger partial charge in [-0.3, -0.25) is 9.69 Å². The Morgan fingerprint density at radius 2 is 1.53 bits per heavy atom. The fourth-order valence-corrected chi connectivity index (χ4v) is 6.56. The van der Waals surface area contributed by atoms with Crippen LogP contribution in [0, 0.1) is 11.8 Å². The summed E-state index contributed by atoms with van der Waals surface area (Å²) in [5.41, 5.74) is 3.86. The lowest BCUT2D eigenvalue weighted by molar-refractivity contribution is 0.0346. The van der Waals surface area contributed by atoms with Crippen LogP contribution >= 0.6 is 0 Å². The van der Waals surface area contributed by atoms with Gasteiger partial charge in [0, 0.05) is 37.3 Å². The zero-order valence-electron chi connectivity index (χ0n) is 20.7. The molecular weight excluding hydrogens is 466 g/mol. The van der Waals surface area contributed by atoms with E-state index in [4.69, 9.17) is 24.0 Å². The van der Waals surface area contributed by atoms with E-state index in [0.717, 1.165) is 43.5 Å². The maximum absolute atomic E-state index is 13.6. The van der Waals surface area contributed by atoms with E-state index in [9.17, 15) is 14.4 Å². The Morgan fingerprint density at radius 1 is 0.944 bits per heavy atom. The Balaban J connectivity index is 1.49. The molecule has 3 fully saturated rings. The third-order valence-electron chi connectivity index (χ3n) is 7.99. The van der Waals surface area contributed by atoms with Crippen molar-refractivity contribution in [2.24, 2.45) is 11.8 Å². The summed E-state index contributed by atoms with van der Waals surface area (Å²) >= 11 is 0. The predicted molar refractivity (Wildman–Crippen MR) is 133 cm³/mol. The number of nitrogens with zero attached hydrogens (tertiary/aromatic N) is 1. The summed E-state index contributed by atoms with van der Waals surface area (Å²) in [5.74, 6) is 0.805. The molecule has 2 saturated carbocycles. The molecule has 2 aliphatic carbocycles. The van der Waals surface area contributed by atoms with Crippen molar-refractivity contribution < 1.29 is 23.1 Å². The molecule has 0 spiro atoms. The number of methoxy groups -OCH3 is 2. The van der Waals surface area contributed by atoms with Gasteiger partial charge in [-0.05, 0) is 43.9 Å². The van der Waals surface area contributed by atoms with Crippen LogP contribution in [0.25, 0.3) is 11.2 Å². The Kier molecular flexibility index (Phi) is 6.79. The van der Waals surface area contributed by atoms with Crippen LogP contribution in [-0.4, -0.2) is 50.2 Å². The van der Waals surface area contributed by atoms with Crippen LogP contribution in [0.5, 0.6) is 11.5 Å². The van der Waals surface area contributed by atoms with Crippen molar-refractivity contribution in [3.63, 3.8) is 0 Å². The molecule has 1 atom stereocenters. The third-order valence-corrected chi connectivity index (χ3v) is 7.99. The van der Waals surface area contributed by atoms with Crippen molar-refractivity contribution in [1.82, 2.24) is 10.2 Å². The smallest absolute Gasteiger partial charge is 0.336 e. The number of rotatable bonds is 5. The Hall–Kier alpha value is -3.27. The van der Waals surface area contributed by atoms with Crippen LogP contribution in [0.4, 0.5) is 5.69 Å². The number of amides is 1. The summed E-state index contributed by atoms with van der Waals surface area (Å²) in [4.78, 5) is 40.7.